The minimum absolute atomic E-state index is 0.0601. The molecule has 12 heteroatoms. The molecule has 9 nitrogen and oxygen atoms in total. The summed E-state index contributed by atoms with van der Waals surface area (Å²) in [5.74, 6) is -0.777. The molecule has 40 heavy (non-hydrogen) atoms. The Morgan fingerprint density at radius 1 is 1.18 bits per heavy atom. The summed E-state index contributed by atoms with van der Waals surface area (Å²) in [6.45, 7) is 1.89. The largest absolute Gasteiger partial charge is 0.491 e. The first-order valence-corrected chi connectivity index (χ1v) is 13.2. The van der Waals surface area contributed by atoms with Gasteiger partial charge in [-0.3, -0.25) is 9.69 Å². The second-order valence-electron chi connectivity index (χ2n) is 9.54. The summed E-state index contributed by atoms with van der Waals surface area (Å²) >= 11 is 6.55. The molecule has 2 aromatic heterocycles. The van der Waals surface area contributed by atoms with Crippen molar-refractivity contribution in [3.8, 4) is 22.9 Å². The summed E-state index contributed by atoms with van der Waals surface area (Å²) in [6.07, 6.45) is 3.22. The molecule has 1 saturated heterocycles. The number of carbonyl (C=O) groups excluding carboxylic acids is 1. The van der Waals surface area contributed by atoms with Crippen molar-refractivity contribution in [2.75, 3.05) is 39.2 Å². The number of amides is 1. The first-order chi connectivity index (χ1) is 19.3. The summed E-state index contributed by atoms with van der Waals surface area (Å²) in [5, 5.41) is 6.54. The Hall–Kier alpha value is -3.96. The average Bonchev–Trinajstić information content (AvgIpc) is 3.39. The second-order valence-corrected chi connectivity index (χ2v) is 9.95. The van der Waals surface area contributed by atoms with Crippen molar-refractivity contribution in [1.82, 2.24) is 25.2 Å². The Morgan fingerprint density at radius 3 is 2.52 bits per heavy atom. The number of methoxy groups -OCH3 is 1. The highest BCUT2D eigenvalue weighted by Gasteiger charge is 2.23. The lowest BCUT2D eigenvalue weighted by Gasteiger charge is -2.33. The summed E-state index contributed by atoms with van der Waals surface area (Å²) in [6, 6.07) is 10.0. The standard InChI is InChI=1S/C28H29ClF2N6O3/c1-32-23(38)15-40-19-5-3-17(4-6-19)27-35-25-24(20(29)13-33-28(25)36-27)34-18-7-9-37(10-8-18)14-16-11-21(30)26(39-2)22(31)12-16/h3-6,11-13,18H,7-10,14-15H2,1-2H3,(H,32,38)(H2,33,34,35,36). The van der Waals surface area contributed by atoms with Crippen LogP contribution in [0.3, 0.4) is 0 Å². The number of pyridine rings is 1. The molecule has 1 aliphatic rings. The molecule has 0 atom stereocenters. The fourth-order valence-corrected chi connectivity index (χ4v) is 4.94. The Bertz CT molecular complexity index is 1480. The van der Waals surface area contributed by atoms with E-state index in [2.05, 4.69) is 30.5 Å². The minimum atomic E-state index is -0.699. The monoisotopic (exact) mass is 570 g/mol. The van der Waals surface area contributed by atoms with Gasteiger partial charge in [0.25, 0.3) is 5.91 Å². The topological polar surface area (TPSA) is 104 Å². The second kappa shape index (κ2) is 12.1. The lowest BCUT2D eigenvalue weighted by molar-refractivity contribution is -0.122. The number of piperidine rings is 1. The molecular weight excluding hydrogens is 542 g/mol. The van der Waals surface area contributed by atoms with E-state index in [0.717, 1.165) is 37.2 Å². The van der Waals surface area contributed by atoms with E-state index >= 15 is 0 Å². The molecule has 0 saturated carbocycles. The zero-order valence-corrected chi connectivity index (χ0v) is 22.8. The molecule has 2 aromatic carbocycles. The third-order valence-electron chi connectivity index (χ3n) is 6.85. The number of benzene rings is 2. The number of fused-ring (bicyclic) bond motifs is 1. The molecule has 4 aromatic rings. The maximum absolute atomic E-state index is 14.1. The molecular formula is C28H29ClF2N6O3. The van der Waals surface area contributed by atoms with E-state index in [1.165, 1.54) is 19.2 Å². The highest BCUT2D eigenvalue weighted by atomic mass is 35.5. The molecule has 0 bridgehead atoms. The number of hydrogen-bond acceptors (Lipinski definition) is 7. The number of rotatable bonds is 9. The van der Waals surface area contributed by atoms with Gasteiger partial charge in [0, 0.05) is 38.3 Å². The Labute approximate surface area is 234 Å². The third-order valence-corrected chi connectivity index (χ3v) is 7.14. The van der Waals surface area contributed by atoms with Crippen LogP contribution in [-0.2, 0) is 11.3 Å². The van der Waals surface area contributed by atoms with Crippen LogP contribution in [0.4, 0.5) is 14.5 Å². The number of likely N-dealkylation sites (tertiary alicyclic amines) is 1. The van der Waals surface area contributed by atoms with Crippen molar-refractivity contribution < 1.29 is 23.0 Å². The molecule has 1 amide bonds. The zero-order chi connectivity index (χ0) is 28.2. The van der Waals surface area contributed by atoms with E-state index in [4.69, 9.17) is 21.1 Å². The number of H-pyrrole nitrogens is 1. The van der Waals surface area contributed by atoms with Crippen LogP contribution in [0.15, 0.2) is 42.6 Å². The summed E-state index contributed by atoms with van der Waals surface area (Å²) in [7, 11) is 2.80. The van der Waals surface area contributed by atoms with Crippen molar-refractivity contribution in [3.05, 3.63) is 64.8 Å². The predicted molar refractivity (Wildman–Crippen MR) is 149 cm³/mol. The van der Waals surface area contributed by atoms with Crippen LogP contribution < -0.4 is 20.1 Å². The first kappa shape index (κ1) is 27.6. The van der Waals surface area contributed by atoms with Crippen molar-refractivity contribution in [2.45, 2.75) is 25.4 Å². The molecule has 210 valence electrons. The van der Waals surface area contributed by atoms with Gasteiger partial charge in [0.05, 0.1) is 24.0 Å². The van der Waals surface area contributed by atoms with E-state index in [1.807, 2.05) is 12.1 Å². The Kier molecular flexibility index (Phi) is 8.32. The SMILES string of the molecule is CNC(=O)COc1ccc(-c2nc3ncc(Cl)c(NC4CCN(Cc5cc(F)c(OC)c(F)c5)CC4)c3[nH]2)cc1. The lowest BCUT2D eigenvalue weighted by atomic mass is 10.0. The number of aromatic amines is 1. The van der Waals surface area contributed by atoms with Gasteiger partial charge in [0.15, 0.2) is 29.6 Å². The van der Waals surface area contributed by atoms with Crippen LogP contribution in [0.25, 0.3) is 22.6 Å². The lowest BCUT2D eigenvalue weighted by Crippen LogP contribution is -2.38. The number of aromatic nitrogens is 3. The minimum Gasteiger partial charge on any atom is -0.491 e. The number of hydrogen-bond donors (Lipinski definition) is 3. The molecule has 0 unspecified atom stereocenters. The molecule has 1 aliphatic heterocycles. The highest BCUT2D eigenvalue weighted by molar-refractivity contribution is 6.34. The molecule has 3 heterocycles. The first-order valence-electron chi connectivity index (χ1n) is 12.8. The van der Waals surface area contributed by atoms with E-state index in [1.54, 1.807) is 25.4 Å². The van der Waals surface area contributed by atoms with E-state index in [-0.39, 0.29) is 24.3 Å². The number of imidazole rings is 1. The number of carbonyl (C=O) groups is 1. The Balaban J connectivity index is 1.24. The quantitative estimate of drug-likeness (QED) is 0.266. The van der Waals surface area contributed by atoms with Crippen LogP contribution in [-0.4, -0.2) is 65.7 Å². The smallest absolute Gasteiger partial charge is 0.257 e. The van der Waals surface area contributed by atoms with Crippen molar-refractivity contribution in [1.29, 1.82) is 0 Å². The van der Waals surface area contributed by atoms with Crippen LogP contribution in [0.2, 0.25) is 5.02 Å². The zero-order valence-electron chi connectivity index (χ0n) is 22.1. The van der Waals surface area contributed by atoms with Crippen molar-refractivity contribution >= 4 is 34.4 Å². The number of anilines is 1. The van der Waals surface area contributed by atoms with Gasteiger partial charge < -0.3 is 25.1 Å². The van der Waals surface area contributed by atoms with E-state index < -0.39 is 11.6 Å². The van der Waals surface area contributed by atoms with Crippen LogP contribution in [0, 0.1) is 11.6 Å². The fraction of sp³-hybridized carbons (Fsp3) is 0.321. The molecule has 3 N–H and O–H groups in total. The maximum Gasteiger partial charge on any atom is 0.257 e. The van der Waals surface area contributed by atoms with Crippen LogP contribution >= 0.6 is 11.6 Å². The number of halogens is 3. The van der Waals surface area contributed by atoms with Gasteiger partial charge in [-0.15, -0.1) is 0 Å². The maximum atomic E-state index is 14.1. The van der Waals surface area contributed by atoms with Gasteiger partial charge in [-0.05, 0) is 54.8 Å². The third kappa shape index (κ3) is 6.10. The Morgan fingerprint density at radius 2 is 1.88 bits per heavy atom. The molecule has 1 fully saturated rings. The summed E-state index contributed by atoms with van der Waals surface area (Å²) < 4.78 is 38.4. The van der Waals surface area contributed by atoms with Gasteiger partial charge in [0.2, 0.25) is 0 Å². The van der Waals surface area contributed by atoms with Crippen LogP contribution in [0.5, 0.6) is 11.5 Å². The molecule has 0 radical (unpaired) electrons. The van der Waals surface area contributed by atoms with Gasteiger partial charge in [-0.2, -0.15) is 0 Å². The molecule has 0 aliphatic carbocycles. The highest BCUT2D eigenvalue weighted by Crippen LogP contribution is 2.33. The number of nitrogens with one attached hydrogen (secondary N) is 3. The van der Waals surface area contributed by atoms with E-state index in [0.29, 0.717) is 39.9 Å². The van der Waals surface area contributed by atoms with Gasteiger partial charge in [-0.25, -0.2) is 18.7 Å². The van der Waals surface area contributed by atoms with Crippen molar-refractivity contribution in [3.63, 3.8) is 0 Å². The fourth-order valence-electron chi connectivity index (χ4n) is 4.74. The number of likely N-dealkylation sites (N-methyl/N-ethyl adjacent to an activating group) is 1. The summed E-state index contributed by atoms with van der Waals surface area (Å²) in [5.41, 5.74) is 3.36. The van der Waals surface area contributed by atoms with Gasteiger partial charge in [-0.1, -0.05) is 11.6 Å². The number of nitrogens with zero attached hydrogens (tertiary/aromatic N) is 3. The molecule has 0 spiro atoms. The van der Waals surface area contributed by atoms with Crippen molar-refractivity contribution in [2.24, 2.45) is 0 Å². The van der Waals surface area contributed by atoms with Gasteiger partial charge in [0.1, 0.15) is 17.1 Å². The number of ether oxygens (including phenoxy) is 2. The predicted octanol–water partition coefficient (Wildman–Crippen LogP) is 4.77. The van der Waals surface area contributed by atoms with Crippen LogP contribution in [0.1, 0.15) is 18.4 Å². The van der Waals surface area contributed by atoms with E-state index in [9.17, 15) is 13.6 Å². The molecule has 5 rings (SSSR count). The summed E-state index contributed by atoms with van der Waals surface area (Å²) in [4.78, 5) is 25.9. The average molecular weight is 571 g/mol. The van der Waals surface area contributed by atoms with Gasteiger partial charge >= 0.3 is 0 Å². The normalized spacial score (nSPS) is 14.3.